The maximum Gasteiger partial charge on any atom is 0.0479 e. The van der Waals surface area contributed by atoms with Crippen molar-refractivity contribution in [1.29, 1.82) is 0 Å². The highest BCUT2D eigenvalue weighted by Crippen LogP contribution is 2.38. The minimum Gasteiger partial charge on any atom is -0.310 e. The zero-order valence-corrected chi connectivity index (χ0v) is 17.6. The summed E-state index contributed by atoms with van der Waals surface area (Å²) in [7, 11) is 0. The van der Waals surface area contributed by atoms with Crippen LogP contribution in [0.25, 0.3) is 0 Å². The van der Waals surface area contributed by atoms with Gasteiger partial charge in [-0.3, -0.25) is 0 Å². The Balaban J connectivity index is 2.20. The van der Waals surface area contributed by atoms with Gasteiger partial charge in [-0.15, -0.1) is 0 Å². The Labute approximate surface area is 168 Å². The van der Waals surface area contributed by atoms with E-state index < -0.39 is 0 Å². The lowest BCUT2D eigenvalue weighted by atomic mass is 10.0. The van der Waals surface area contributed by atoms with Crippen molar-refractivity contribution >= 4 is 28.7 Å². The van der Waals surface area contributed by atoms with Gasteiger partial charge in [0, 0.05) is 22.1 Å². The predicted molar refractivity (Wildman–Crippen MR) is 119 cm³/mol. The van der Waals surface area contributed by atoms with E-state index in [1.807, 2.05) is 12.1 Å². The van der Waals surface area contributed by atoms with Crippen LogP contribution in [0, 0.1) is 6.92 Å². The highest BCUT2D eigenvalue weighted by atomic mass is 35.5. The molecule has 0 bridgehead atoms. The largest absolute Gasteiger partial charge is 0.310 e. The number of rotatable bonds is 5. The van der Waals surface area contributed by atoms with Crippen LogP contribution >= 0.6 is 11.6 Å². The maximum atomic E-state index is 6.41. The Bertz CT molecular complexity index is 855. The third-order valence-electron chi connectivity index (χ3n) is 4.88. The van der Waals surface area contributed by atoms with Crippen LogP contribution in [-0.2, 0) is 0 Å². The monoisotopic (exact) mass is 377 g/mol. The van der Waals surface area contributed by atoms with Crippen LogP contribution < -0.4 is 4.90 Å². The predicted octanol–water partition coefficient (Wildman–Crippen LogP) is 8.37. The molecule has 3 aromatic rings. The molecule has 140 valence electrons. The Hall–Kier alpha value is -2.25. The molecule has 1 nitrogen and oxygen atoms in total. The standard InChI is InChI=1S/C25H28ClN/c1-17(2)20-8-6-10-23(14-20)27(25-13-19(5)12-22(26)16-25)24-11-7-9-21(15-24)18(3)4/h6-18H,1-5H3. The van der Waals surface area contributed by atoms with Crippen LogP contribution in [0.1, 0.15) is 56.2 Å². The number of halogens is 1. The summed E-state index contributed by atoms with van der Waals surface area (Å²) >= 11 is 6.41. The first-order chi connectivity index (χ1) is 12.8. The summed E-state index contributed by atoms with van der Waals surface area (Å²) in [6.45, 7) is 11.0. The molecule has 3 aromatic carbocycles. The molecule has 0 aromatic heterocycles. The third-order valence-corrected chi connectivity index (χ3v) is 5.09. The molecule has 0 heterocycles. The topological polar surface area (TPSA) is 3.24 Å². The SMILES string of the molecule is Cc1cc(Cl)cc(N(c2cccc(C(C)C)c2)c2cccc(C(C)C)c2)c1. The molecule has 3 rings (SSSR count). The molecule has 0 atom stereocenters. The molecular formula is C25H28ClN. The fraction of sp³-hybridized carbons (Fsp3) is 0.280. The molecule has 0 unspecified atom stereocenters. The van der Waals surface area contributed by atoms with Crippen molar-refractivity contribution in [2.75, 3.05) is 4.90 Å². The van der Waals surface area contributed by atoms with Crippen molar-refractivity contribution in [2.24, 2.45) is 0 Å². The number of benzene rings is 3. The first-order valence-corrected chi connectivity index (χ1v) is 10.00. The molecule has 0 fully saturated rings. The number of anilines is 3. The van der Waals surface area contributed by atoms with E-state index in [-0.39, 0.29) is 0 Å². The van der Waals surface area contributed by atoms with E-state index in [1.165, 1.54) is 11.1 Å². The molecule has 0 aliphatic rings. The van der Waals surface area contributed by atoms with E-state index in [0.29, 0.717) is 11.8 Å². The van der Waals surface area contributed by atoms with E-state index in [1.54, 1.807) is 0 Å². The average molecular weight is 378 g/mol. The Kier molecular flexibility index (Phi) is 5.92. The van der Waals surface area contributed by atoms with Crippen molar-refractivity contribution in [1.82, 2.24) is 0 Å². The minimum absolute atomic E-state index is 0.481. The molecule has 0 saturated heterocycles. The smallest absolute Gasteiger partial charge is 0.0479 e. The van der Waals surface area contributed by atoms with Crippen LogP contribution in [-0.4, -0.2) is 0 Å². The van der Waals surface area contributed by atoms with Gasteiger partial charge in [0.15, 0.2) is 0 Å². The lowest BCUT2D eigenvalue weighted by Gasteiger charge is -2.27. The van der Waals surface area contributed by atoms with Crippen molar-refractivity contribution in [3.8, 4) is 0 Å². The lowest BCUT2D eigenvalue weighted by Crippen LogP contribution is -2.11. The number of hydrogen-bond donors (Lipinski definition) is 0. The summed E-state index contributed by atoms with van der Waals surface area (Å²) < 4.78 is 0. The molecule has 0 radical (unpaired) electrons. The molecule has 2 heteroatoms. The van der Waals surface area contributed by atoms with Crippen LogP contribution in [0.3, 0.4) is 0 Å². The normalized spacial score (nSPS) is 11.3. The summed E-state index contributed by atoms with van der Waals surface area (Å²) in [6.07, 6.45) is 0. The molecule has 0 N–H and O–H groups in total. The van der Waals surface area contributed by atoms with Gasteiger partial charge in [0.1, 0.15) is 0 Å². The number of aryl methyl sites for hydroxylation is 1. The number of hydrogen-bond acceptors (Lipinski definition) is 1. The van der Waals surface area contributed by atoms with Gasteiger partial charge in [-0.05, 0) is 77.9 Å². The molecule has 0 aliphatic carbocycles. The zero-order valence-electron chi connectivity index (χ0n) is 16.8. The van der Waals surface area contributed by atoms with Gasteiger partial charge in [0.05, 0.1) is 0 Å². The summed E-state index contributed by atoms with van der Waals surface area (Å²) in [5.74, 6) is 0.963. The number of nitrogens with zero attached hydrogens (tertiary/aromatic N) is 1. The fourth-order valence-corrected chi connectivity index (χ4v) is 3.62. The van der Waals surface area contributed by atoms with Gasteiger partial charge >= 0.3 is 0 Å². The van der Waals surface area contributed by atoms with Crippen molar-refractivity contribution in [3.05, 3.63) is 88.4 Å². The van der Waals surface area contributed by atoms with Crippen molar-refractivity contribution < 1.29 is 0 Å². The molecule has 0 saturated carbocycles. The third kappa shape index (κ3) is 4.54. The minimum atomic E-state index is 0.481. The van der Waals surface area contributed by atoms with Gasteiger partial charge in [-0.25, -0.2) is 0 Å². The van der Waals surface area contributed by atoms with Crippen LogP contribution in [0.15, 0.2) is 66.7 Å². The van der Waals surface area contributed by atoms with Crippen molar-refractivity contribution in [2.45, 2.75) is 46.5 Å². The first kappa shape index (κ1) is 19.5. The van der Waals surface area contributed by atoms with Crippen molar-refractivity contribution in [3.63, 3.8) is 0 Å². The second kappa shape index (κ2) is 8.19. The van der Waals surface area contributed by atoms with Gasteiger partial charge < -0.3 is 4.90 Å². The maximum absolute atomic E-state index is 6.41. The summed E-state index contributed by atoms with van der Waals surface area (Å²) in [4.78, 5) is 2.30. The molecule has 0 amide bonds. The second-order valence-corrected chi connectivity index (χ2v) is 8.26. The second-order valence-electron chi connectivity index (χ2n) is 7.82. The van der Waals surface area contributed by atoms with E-state index in [0.717, 1.165) is 27.6 Å². The molecule has 0 aliphatic heterocycles. The molecular weight excluding hydrogens is 350 g/mol. The quantitative estimate of drug-likeness (QED) is 0.431. The lowest BCUT2D eigenvalue weighted by molar-refractivity contribution is 0.864. The van der Waals surface area contributed by atoms with E-state index in [9.17, 15) is 0 Å². The molecule has 27 heavy (non-hydrogen) atoms. The van der Waals surface area contributed by atoms with Gasteiger partial charge in [0.25, 0.3) is 0 Å². The Morgan fingerprint density at radius 2 is 1.19 bits per heavy atom. The highest BCUT2D eigenvalue weighted by Gasteiger charge is 2.15. The van der Waals surface area contributed by atoms with E-state index in [4.69, 9.17) is 11.6 Å². The van der Waals surface area contributed by atoms with Gasteiger partial charge in [0.2, 0.25) is 0 Å². The average Bonchev–Trinajstić information content (AvgIpc) is 2.61. The van der Waals surface area contributed by atoms with Crippen LogP contribution in [0.4, 0.5) is 17.1 Å². The Morgan fingerprint density at radius 1 is 0.667 bits per heavy atom. The molecule has 0 spiro atoms. The van der Waals surface area contributed by atoms with Crippen LogP contribution in [0.2, 0.25) is 5.02 Å². The summed E-state index contributed by atoms with van der Waals surface area (Å²) in [6, 6.07) is 23.8. The van der Waals surface area contributed by atoms with E-state index >= 15 is 0 Å². The van der Waals surface area contributed by atoms with Gasteiger partial charge in [-0.1, -0.05) is 63.6 Å². The zero-order chi connectivity index (χ0) is 19.6. The fourth-order valence-electron chi connectivity index (χ4n) is 3.34. The Morgan fingerprint density at radius 3 is 1.63 bits per heavy atom. The summed E-state index contributed by atoms with van der Waals surface area (Å²) in [5, 5.41) is 0.759. The summed E-state index contributed by atoms with van der Waals surface area (Å²) in [5.41, 5.74) is 7.21. The highest BCUT2D eigenvalue weighted by molar-refractivity contribution is 6.31. The van der Waals surface area contributed by atoms with Crippen LogP contribution in [0.5, 0.6) is 0 Å². The van der Waals surface area contributed by atoms with Gasteiger partial charge in [-0.2, -0.15) is 0 Å². The van der Waals surface area contributed by atoms with E-state index in [2.05, 4.69) is 94.1 Å². The first-order valence-electron chi connectivity index (χ1n) is 9.62.